The molecule has 0 aromatic heterocycles. The molecule has 1 rings (SSSR count). The normalized spacial score (nSPS) is 9.59. The third kappa shape index (κ3) is 5.91. The zero-order chi connectivity index (χ0) is 12.0. The van der Waals surface area contributed by atoms with Gasteiger partial charge in [0.1, 0.15) is 0 Å². The number of aryl methyl sites for hydroxylation is 1. The van der Waals surface area contributed by atoms with Crippen LogP contribution in [0.15, 0.2) is 18.2 Å². The average Bonchev–Trinajstić information content (AvgIpc) is 2.23. The Morgan fingerprint density at radius 3 is 2.71 bits per heavy atom. The second kappa shape index (κ2) is 8.34. The second-order valence-corrected chi connectivity index (χ2v) is 4.15. The minimum Gasteiger partial charge on any atom is -0.325 e. The first-order valence-electron chi connectivity index (χ1n) is 5.34. The van der Waals surface area contributed by atoms with Crippen molar-refractivity contribution in [2.75, 3.05) is 18.9 Å². The molecule has 0 fully saturated rings. The lowest BCUT2D eigenvalue weighted by molar-refractivity contribution is -0.116. The van der Waals surface area contributed by atoms with Gasteiger partial charge in [0, 0.05) is 6.42 Å². The van der Waals surface area contributed by atoms with Crippen LogP contribution in [0.3, 0.4) is 0 Å². The van der Waals surface area contributed by atoms with Gasteiger partial charge in [-0.15, -0.1) is 12.4 Å². The number of carbonyl (C=O) groups is 1. The van der Waals surface area contributed by atoms with E-state index in [4.69, 9.17) is 11.6 Å². The topological polar surface area (TPSA) is 41.1 Å². The molecule has 0 unspecified atom stereocenters. The van der Waals surface area contributed by atoms with E-state index >= 15 is 0 Å². The van der Waals surface area contributed by atoms with Crippen molar-refractivity contribution >= 4 is 35.6 Å². The minimum absolute atomic E-state index is 0. The summed E-state index contributed by atoms with van der Waals surface area (Å²) in [6, 6.07) is 5.59. The lowest BCUT2D eigenvalue weighted by atomic mass is 10.2. The van der Waals surface area contributed by atoms with E-state index in [-0.39, 0.29) is 18.3 Å². The monoisotopic (exact) mass is 276 g/mol. The van der Waals surface area contributed by atoms with Crippen LogP contribution in [0.5, 0.6) is 0 Å². The van der Waals surface area contributed by atoms with Crippen LogP contribution in [-0.2, 0) is 4.79 Å². The first kappa shape index (κ1) is 16.2. The molecule has 0 saturated heterocycles. The SMILES string of the molecule is CNCCCC(=O)Nc1ccc(C)cc1Cl.Cl. The lowest BCUT2D eigenvalue weighted by Crippen LogP contribution is -2.15. The van der Waals surface area contributed by atoms with Gasteiger partial charge >= 0.3 is 0 Å². The first-order valence-corrected chi connectivity index (χ1v) is 5.72. The van der Waals surface area contributed by atoms with Gasteiger partial charge in [0.05, 0.1) is 10.7 Å². The number of carbonyl (C=O) groups excluding carboxylic acids is 1. The Bertz CT molecular complexity index is 370. The maximum atomic E-state index is 11.5. The Labute approximate surface area is 113 Å². The van der Waals surface area contributed by atoms with E-state index < -0.39 is 0 Å². The Morgan fingerprint density at radius 1 is 1.41 bits per heavy atom. The van der Waals surface area contributed by atoms with Crippen LogP contribution in [0.1, 0.15) is 18.4 Å². The molecule has 2 N–H and O–H groups in total. The molecule has 0 spiro atoms. The second-order valence-electron chi connectivity index (χ2n) is 3.74. The highest BCUT2D eigenvalue weighted by Crippen LogP contribution is 2.22. The van der Waals surface area contributed by atoms with Crippen molar-refractivity contribution < 1.29 is 4.79 Å². The van der Waals surface area contributed by atoms with Crippen LogP contribution in [0.25, 0.3) is 0 Å². The maximum absolute atomic E-state index is 11.5. The van der Waals surface area contributed by atoms with Gasteiger partial charge in [-0.05, 0) is 44.6 Å². The number of amides is 1. The molecule has 96 valence electrons. The van der Waals surface area contributed by atoms with E-state index in [9.17, 15) is 4.79 Å². The van der Waals surface area contributed by atoms with Crippen molar-refractivity contribution in [2.45, 2.75) is 19.8 Å². The highest BCUT2D eigenvalue weighted by Gasteiger charge is 2.05. The smallest absolute Gasteiger partial charge is 0.224 e. The fourth-order valence-corrected chi connectivity index (χ4v) is 1.64. The molecule has 17 heavy (non-hydrogen) atoms. The molecule has 1 aromatic carbocycles. The van der Waals surface area contributed by atoms with Crippen LogP contribution in [0.4, 0.5) is 5.69 Å². The third-order valence-corrected chi connectivity index (χ3v) is 2.54. The molecule has 5 heteroatoms. The van der Waals surface area contributed by atoms with Gasteiger partial charge in [0.2, 0.25) is 5.91 Å². The molecule has 0 aliphatic rings. The molecule has 0 aliphatic carbocycles. The summed E-state index contributed by atoms with van der Waals surface area (Å²) in [7, 11) is 1.87. The molecule has 0 bridgehead atoms. The fourth-order valence-electron chi connectivity index (χ4n) is 1.36. The number of anilines is 1. The molecule has 0 atom stereocenters. The molecular weight excluding hydrogens is 259 g/mol. The Morgan fingerprint density at radius 2 is 2.12 bits per heavy atom. The van der Waals surface area contributed by atoms with Crippen LogP contribution >= 0.6 is 24.0 Å². The number of hydrogen-bond donors (Lipinski definition) is 2. The fraction of sp³-hybridized carbons (Fsp3) is 0.417. The summed E-state index contributed by atoms with van der Waals surface area (Å²) in [5, 5.41) is 6.38. The van der Waals surface area contributed by atoms with E-state index in [0.717, 1.165) is 18.5 Å². The summed E-state index contributed by atoms with van der Waals surface area (Å²) in [5.74, 6) is 0.000929. The highest BCUT2D eigenvalue weighted by molar-refractivity contribution is 6.33. The van der Waals surface area contributed by atoms with Crippen molar-refractivity contribution in [2.24, 2.45) is 0 Å². The van der Waals surface area contributed by atoms with Crippen molar-refractivity contribution in [3.05, 3.63) is 28.8 Å². The summed E-state index contributed by atoms with van der Waals surface area (Å²) in [6.45, 7) is 2.81. The van der Waals surface area contributed by atoms with E-state index in [2.05, 4.69) is 10.6 Å². The molecule has 1 amide bonds. The van der Waals surface area contributed by atoms with Crippen LogP contribution in [0.2, 0.25) is 5.02 Å². The van der Waals surface area contributed by atoms with Crippen LogP contribution in [0, 0.1) is 6.92 Å². The largest absolute Gasteiger partial charge is 0.325 e. The van der Waals surface area contributed by atoms with Crippen molar-refractivity contribution in [1.29, 1.82) is 0 Å². The van der Waals surface area contributed by atoms with E-state index in [1.807, 2.05) is 32.2 Å². The van der Waals surface area contributed by atoms with Gasteiger partial charge in [0.15, 0.2) is 0 Å². The van der Waals surface area contributed by atoms with E-state index in [1.54, 1.807) is 0 Å². The zero-order valence-electron chi connectivity index (χ0n) is 10.0. The van der Waals surface area contributed by atoms with Gasteiger partial charge in [0.25, 0.3) is 0 Å². The predicted molar refractivity (Wildman–Crippen MR) is 75.2 cm³/mol. The number of nitrogens with one attached hydrogen (secondary N) is 2. The molecular formula is C12H18Cl2N2O. The Balaban J connectivity index is 0.00000256. The predicted octanol–water partition coefficient (Wildman–Crippen LogP) is 3.01. The number of rotatable bonds is 5. The summed E-state index contributed by atoms with van der Waals surface area (Å²) in [5.41, 5.74) is 1.76. The first-order chi connectivity index (χ1) is 7.63. The van der Waals surface area contributed by atoms with Gasteiger partial charge in [-0.1, -0.05) is 17.7 Å². The zero-order valence-corrected chi connectivity index (χ0v) is 11.6. The third-order valence-electron chi connectivity index (χ3n) is 2.23. The van der Waals surface area contributed by atoms with Crippen LogP contribution < -0.4 is 10.6 Å². The van der Waals surface area contributed by atoms with Crippen molar-refractivity contribution in [3.63, 3.8) is 0 Å². The van der Waals surface area contributed by atoms with E-state index in [1.165, 1.54) is 0 Å². The number of benzene rings is 1. The summed E-state index contributed by atoms with van der Waals surface area (Å²) < 4.78 is 0. The molecule has 0 aliphatic heterocycles. The Hall–Kier alpha value is -0.770. The molecule has 0 radical (unpaired) electrons. The molecule has 3 nitrogen and oxygen atoms in total. The molecule has 0 saturated carbocycles. The summed E-state index contributed by atoms with van der Waals surface area (Å²) in [6.07, 6.45) is 1.33. The lowest BCUT2D eigenvalue weighted by Gasteiger charge is -2.07. The van der Waals surface area contributed by atoms with Gasteiger partial charge < -0.3 is 10.6 Å². The van der Waals surface area contributed by atoms with Crippen molar-refractivity contribution in [1.82, 2.24) is 5.32 Å². The Kier molecular flexibility index (Phi) is 7.96. The van der Waals surface area contributed by atoms with Crippen molar-refractivity contribution in [3.8, 4) is 0 Å². The molecule has 1 aromatic rings. The van der Waals surface area contributed by atoms with Gasteiger partial charge in [-0.25, -0.2) is 0 Å². The maximum Gasteiger partial charge on any atom is 0.224 e. The van der Waals surface area contributed by atoms with E-state index in [0.29, 0.717) is 17.1 Å². The standard InChI is InChI=1S/C12H17ClN2O.ClH/c1-9-5-6-11(10(13)8-9)15-12(16)4-3-7-14-2;/h5-6,8,14H,3-4,7H2,1-2H3,(H,15,16);1H. The quantitative estimate of drug-likeness (QED) is 0.812. The summed E-state index contributed by atoms with van der Waals surface area (Å²) in [4.78, 5) is 11.5. The number of halogens is 2. The average molecular weight is 277 g/mol. The summed E-state index contributed by atoms with van der Waals surface area (Å²) >= 11 is 6.01. The van der Waals surface area contributed by atoms with Gasteiger partial charge in [-0.2, -0.15) is 0 Å². The molecule has 0 heterocycles. The van der Waals surface area contributed by atoms with Crippen LogP contribution in [-0.4, -0.2) is 19.5 Å². The number of hydrogen-bond acceptors (Lipinski definition) is 2. The minimum atomic E-state index is 0. The van der Waals surface area contributed by atoms with Gasteiger partial charge in [-0.3, -0.25) is 4.79 Å². The highest BCUT2D eigenvalue weighted by atomic mass is 35.5.